The molecule has 0 saturated carbocycles. The summed E-state index contributed by atoms with van der Waals surface area (Å²) in [7, 11) is -2.54. The quantitative estimate of drug-likeness (QED) is 0.613. The van der Waals surface area contributed by atoms with Crippen molar-refractivity contribution in [1.82, 2.24) is 0 Å². The highest BCUT2D eigenvalue weighted by molar-refractivity contribution is 7.92. The molecule has 3 rings (SSSR count). The molecular formula is C17H19N3O5S. The molecule has 0 aliphatic carbocycles. The zero-order chi connectivity index (χ0) is 18.7. The van der Waals surface area contributed by atoms with E-state index in [9.17, 15) is 18.5 Å². The van der Waals surface area contributed by atoms with Gasteiger partial charge in [-0.3, -0.25) is 14.8 Å². The molecule has 2 aromatic rings. The van der Waals surface area contributed by atoms with E-state index in [4.69, 9.17) is 4.74 Å². The second-order valence-corrected chi connectivity index (χ2v) is 7.62. The van der Waals surface area contributed by atoms with E-state index in [1.807, 2.05) is 6.07 Å². The van der Waals surface area contributed by atoms with Crippen LogP contribution < -0.4 is 14.4 Å². The number of hydrogen-bond donors (Lipinski definition) is 1. The highest BCUT2D eigenvalue weighted by Gasteiger charge is 2.21. The van der Waals surface area contributed by atoms with Gasteiger partial charge in [-0.15, -0.1) is 0 Å². The van der Waals surface area contributed by atoms with Gasteiger partial charge in [0.1, 0.15) is 5.75 Å². The van der Waals surface area contributed by atoms with Gasteiger partial charge in [0.15, 0.2) is 0 Å². The Bertz CT molecular complexity index is 924. The van der Waals surface area contributed by atoms with Crippen LogP contribution in [0.25, 0.3) is 0 Å². The number of nitrogens with zero attached hydrogens (tertiary/aromatic N) is 2. The Labute approximate surface area is 151 Å². The molecule has 1 heterocycles. The van der Waals surface area contributed by atoms with Crippen LogP contribution in [-0.4, -0.2) is 33.5 Å². The normalized spacial score (nSPS) is 14.3. The van der Waals surface area contributed by atoms with Crippen molar-refractivity contribution in [3.05, 3.63) is 52.6 Å². The molecule has 1 aliphatic heterocycles. The molecule has 0 atom stereocenters. The molecule has 8 nitrogen and oxygen atoms in total. The Balaban J connectivity index is 1.94. The summed E-state index contributed by atoms with van der Waals surface area (Å²) >= 11 is 0. The maximum atomic E-state index is 12.7. The van der Waals surface area contributed by atoms with Gasteiger partial charge in [-0.1, -0.05) is 6.07 Å². The number of nitro benzene ring substituents is 1. The van der Waals surface area contributed by atoms with Crippen molar-refractivity contribution in [2.75, 3.05) is 29.8 Å². The van der Waals surface area contributed by atoms with Gasteiger partial charge in [-0.25, -0.2) is 8.42 Å². The third-order valence-electron chi connectivity index (χ3n) is 4.24. The van der Waals surface area contributed by atoms with E-state index in [0.717, 1.165) is 37.7 Å². The first-order chi connectivity index (χ1) is 12.4. The number of methoxy groups -OCH3 is 1. The molecule has 0 spiro atoms. The number of anilines is 2. The van der Waals surface area contributed by atoms with Gasteiger partial charge in [-0.2, -0.15) is 0 Å². The van der Waals surface area contributed by atoms with Gasteiger partial charge < -0.3 is 9.64 Å². The summed E-state index contributed by atoms with van der Waals surface area (Å²) in [6, 6.07) is 10.2. The second-order valence-electron chi connectivity index (χ2n) is 5.94. The fourth-order valence-electron chi connectivity index (χ4n) is 2.92. The van der Waals surface area contributed by atoms with E-state index in [2.05, 4.69) is 9.62 Å². The Morgan fingerprint density at radius 1 is 1.15 bits per heavy atom. The zero-order valence-corrected chi connectivity index (χ0v) is 15.0. The Morgan fingerprint density at radius 3 is 2.54 bits per heavy atom. The van der Waals surface area contributed by atoms with Crippen LogP contribution in [0.4, 0.5) is 17.1 Å². The first-order valence-corrected chi connectivity index (χ1v) is 9.59. The summed E-state index contributed by atoms with van der Waals surface area (Å²) < 4.78 is 33.1. The van der Waals surface area contributed by atoms with Gasteiger partial charge in [0.05, 0.1) is 22.6 Å². The Morgan fingerprint density at radius 2 is 1.88 bits per heavy atom. The largest absolute Gasteiger partial charge is 0.495 e. The second kappa shape index (κ2) is 7.20. The number of rotatable bonds is 6. The lowest BCUT2D eigenvalue weighted by Gasteiger charge is -2.20. The van der Waals surface area contributed by atoms with E-state index in [1.165, 1.54) is 25.3 Å². The highest BCUT2D eigenvalue weighted by Crippen LogP contribution is 2.33. The van der Waals surface area contributed by atoms with Crippen molar-refractivity contribution in [3.63, 3.8) is 0 Å². The number of ether oxygens (including phenoxy) is 1. The molecule has 26 heavy (non-hydrogen) atoms. The Hall–Kier alpha value is -2.81. The fraction of sp³-hybridized carbons (Fsp3) is 0.294. The first-order valence-electron chi connectivity index (χ1n) is 8.11. The SMILES string of the molecule is COc1ccc(N2CCCC2)cc1NS(=O)(=O)c1cccc([N+](=O)[O-])c1. The third kappa shape index (κ3) is 3.72. The molecule has 138 valence electrons. The van der Waals surface area contributed by atoms with Crippen molar-refractivity contribution in [1.29, 1.82) is 0 Å². The van der Waals surface area contributed by atoms with Crippen molar-refractivity contribution in [3.8, 4) is 5.75 Å². The first kappa shape index (κ1) is 18.0. The zero-order valence-electron chi connectivity index (χ0n) is 14.2. The standard InChI is InChI=1S/C17H19N3O5S/c1-25-17-8-7-13(19-9-2-3-10-19)12-16(17)18-26(23,24)15-6-4-5-14(11-15)20(21)22/h4-8,11-12,18H,2-3,9-10H2,1H3. The smallest absolute Gasteiger partial charge is 0.270 e. The summed E-state index contributed by atoms with van der Waals surface area (Å²) in [6.07, 6.45) is 2.20. The lowest BCUT2D eigenvalue weighted by Crippen LogP contribution is -2.18. The number of benzene rings is 2. The summed E-state index contributed by atoms with van der Waals surface area (Å²) in [5.74, 6) is 0.377. The highest BCUT2D eigenvalue weighted by atomic mass is 32.2. The molecule has 1 N–H and O–H groups in total. The van der Waals surface area contributed by atoms with Crippen LogP contribution in [0.2, 0.25) is 0 Å². The van der Waals surface area contributed by atoms with Crippen LogP contribution >= 0.6 is 0 Å². The maximum Gasteiger partial charge on any atom is 0.270 e. The summed E-state index contributed by atoms with van der Waals surface area (Å²) in [5, 5.41) is 10.9. The number of non-ortho nitro benzene ring substituents is 1. The molecule has 0 bridgehead atoms. The van der Waals surface area contributed by atoms with Crippen molar-refractivity contribution in [2.45, 2.75) is 17.7 Å². The number of hydrogen-bond acceptors (Lipinski definition) is 6. The summed E-state index contributed by atoms with van der Waals surface area (Å²) in [6.45, 7) is 1.84. The monoisotopic (exact) mass is 377 g/mol. The third-order valence-corrected chi connectivity index (χ3v) is 5.60. The molecule has 0 unspecified atom stereocenters. The van der Waals surface area contributed by atoms with E-state index < -0.39 is 14.9 Å². The fourth-order valence-corrected chi connectivity index (χ4v) is 4.02. The van der Waals surface area contributed by atoms with Crippen molar-refractivity contribution < 1.29 is 18.1 Å². The predicted molar refractivity (Wildman–Crippen MR) is 98.3 cm³/mol. The average molecular weight is 377 g/mol. The molecule has 2 aromatic carbocycles. The van der Waals surface area contributed by atoms with Gasteiger partial charge in [0.25, 0.3) is 15.7 Å². The lowest BCUT2D eigenvalue weighted by molar-refractivity contribution is -0.385. The molecule has 1 fully saturated rings. The molecule has 1 aliphatic rings. The van der Waals surface area contributed by atoms with E-state index in [-0.39, 0.29) is 10.6 Å². The maximum absolute atomic E-state index is 12.7. The van der Waals surface area contributed by atoms with Crippen LogP contribution in [0.3, 0.4) is 0 Å². The predicted octanol–water partition coefficient (Wildman–Crippen LogP) is 3.00. The van der Waals surface area contributed by atoms with Gasteiger partial charge in [0.2, 0.25) is 0 Å². The van der Waals surface area contributed by atoms with E-state index in [1.54, 1.807) is 12.1 Å². The van der Waals surface area contributed by atoms with Gasteiger partial charge >= 0.3 is 0 Å². The number of sulfonamides is 1. The van der Waals surface area contributed by atoms with Crippen molar-refractivity contribution >= 4 is 27.1 Å². The molecule has 0 amide bonds. The molecule has 0 aromatic heterocycles. The van der Waals surface area contributed by atoms with Gasteiger partial charge in [-0.05, 0) is 37.1 Å². The molecule has 0 radical (unpaired) electrons. The Kier molecular flexibility index (Phi) is 4.99. The minimum Gasteiger partial charge on any atom is -0.495 e. The number of nitro groups is 1. The van der Waals surface area contributed by atoms with E-state index >= 15 is 0 Å². The minimum absolute atomic E-state index is 0.180. The van der Waals surface area contributed by atoms with Crippen LogP contribution in [-0.2, 0) is 10.0 Å². The number of nitrogens with one attached hydrogen (secondary N) is 1. The minimum atomic E-state index is -4.00. The average Bonchev–Trinajstić information content (AvgIpc) is 3.16. The molecule has 9 heteroatoms. The van der Waals surface area contributed by atoms with Crippen LogP contribution in [0.15, 0.2) is 47.4 Å². The van der Waals surface area contributed by atoms with Crippen LogP contribution in [0, 0.1) is 10.1 Å². The van der Waals surface area contributed by atoms with Crippen LogP contribution in [0.1, 0.15) is 12.8 Å². The van der Waals surface area contributed by atoms with Crippen LogP contribution in [0.5, 0.6) is 5.75 Å². The molecular weight excluding hydrogens is 358 g/mol. The summed E-state index contributed by atoms with van der Waals surface area (Å²) in [5.41, 5.74) is 0.911. The summed E-state index contributed by atoms with van der Waals surface area (Å²) in [4.78, 5) is 12.3. The van der Waals surface area contributed by atoms with E-state index in [0.29, 0.717) is 11.4 Å². The van der Waals surface area contributed by atoms with Crippen molar-refractivity contribution in [2.24, 2.45) is 0 Å². The molecule has 1 saturated heterocycles. The lowest BCUT2D eigenvalue weighted by atomic mass is 10.2. The van der Waals surface area contributed by atoms with Gasteiger partial charge in [0, 0.05) is 30.9 Å². The topological polar surface area (TPSA) is 102 Å².